The highest BCUT2D eigenvalue weighted by Crippen LogP contribution is 2.14. The Labute approximate surface area is 114 Å². The Morgan fingerprint density at radius 3 is 3.11 bits per heavy atom. The van der Waals surface area contributed by atoms with E-state index in [9.17, 15) is 4.79 Å². The van der Waals surface area contributed by atoms with E-state index in [1.54, 1.807) is 0 Å². The summed E-state index contributed by atoms with van der Waals surface area (Å²) in [5, 5.41) is 2.89. The number of ether oxygens (including phenoxy) is 1. The lowest BCUT2D eigenvalue weighted by atomic mass is 10.0. The number of benzene rings is 1. The molecule has 0 radical (unpaired) electrons. The maximum Gasteiger partial charge on any atom is 0.407 e. The largest absolute Gasteiger partial charge is 0.453 e. The highest BCUT2D eigenvalue weighted by atomic mass is 16.5. The van der Waals surface area contributed by atoms with E-state index in [1.165, 1.54) is 18.2 Å². The van der Waals surface area contributed by atoms with Gasteiger partial charge in [0, 0.05) is 19.1 Å². The molecular weight excluding hydrogens is 240 g/mol. The molecule has 1 heterocycles. The first-order valence-corrected chi connectivity index (χ1v) is 6.80. The molecule has 104 valence electrons. The van der Waals surface area contributed by atoms with Crippen molar-refractivity contribution >= 4 is 6.09 Å². The molecule has 0 saturated carbocycles. The maximum atomic E-state index is 11.2. The van der Waals surface area contributed by atoms with Gasteiger partial charge in [0.1, 0.15) is 0 Å². The highest BCUT2D eigenvalue weighted by Gasteiger charge is 2.21. The quantitative estimate of drug-likeness (QED) is 0.909. The molecule has 19 heavy (non-hydrogen) atoms. The molecule has 1 fully saturated rings. The van der Waals surface area contributed by atoms with Gasteiger partial charge in [-0.3, -0.25) is 4.90 Å². The van der Waals surface area contributed by atoms with Gasteiger partial charge in [0.15, 0.2) is 0 Å². The number of piperidine rings is 1. The minimum absolute atomic E-state index is 0.200. The Kier molecular flexibility index (Phi) is 4.80. The van der Waals surface area contributed by atoms with Crippen LogP contribution in [0.5, 0.6) is 0 Å². The molecule has 1 aromatic carbocycles. The van der Waals surface area contributed by atoms with Crippen molar-refractivity contribution in [2.45, 2.75) is 32.4 Å². The normalized spacial score (nSPS) is 20.0. The Morgan fingerprint density at radius 1 is 1.53 bits per heavy atom. The second-order valence-corrected chi connectivity index (χ2v) is 5.20. The number of carbonyl (C=O) groups excluding carboxylic acids is 1. The minimum Gasteiger partial charge on any atom is -0.453 e. The second kappa shape index (κ2) is 6.57. The van der Waals surface area contributed by atoms with Crippen molar-refractivity contribution in [2.24, 2.45) is 0 Å². The minimum atomic E-state index is -0.331. The fourth-order valence-electron chi connectivity index (χ4n) is 2.61. The van der Waals surface area contributed by atoms with Crippen LogP contribution in [0.1, 0.15) is 24.0 Å². The molecule has 0 spiro atoms. The van der Waals surface area contributed by atoms with E-state index in [4.69, 9.17) is 0 Å². The van der Waals surface area contributed by atoms with E-state index < -0.39 is 0 Å². The monoisotopic (exact) mass is 262 g/mol. The molecular formula is C15H22N2O2. The third-order valence-corrected chi connectivity index (χ3v) is 3.50. The summed E-state index contributed by atoms with van der Waals surface area (Å²) in [5.41, 5.74) is 2.62. The molecule has 1 aromatic rings. The number of nitrogens with one attached hydrogen (secondary N) is 1. The summed E-state index contributed by atoms with van der Waals surface area (Å²) in [5.74, 6) is 0. The fourth-order valence-corrected chi connectivity index (χ4v) is 2.61. The smallest absolute Gasteiger partial charge is 0.407 e. The van der Waals surface area contributed by atoms with Crippen LogP contribution in [0.25, 0.3) is 0 Å². The number of aryl methyl sites for hydroxylation is 1. The first-order chi connectivity index (χ1) is 9.17. The Bertz CT molecular complexity index is 434. The zero-order chi connectivity index (χ0) is 13.7. The number of likely N-dealkylation sites (tertiary alicyclic amines) is 1. The van der Waals surface area contributed by atoms with E-state index in [0.717, 1.165) is 32.5 Å². The number of alkyl carbamates (subject to hydrolysis) is 1. The van der Waals surface area contributed by atoms with Crippen molar-refractivity contribution in [1.29, 1.82) is 0 Å². The van der Waals surface area contributed by atoms with Gasteiger partial charge in [-0.15, -0.1) is 0 Å². The molecule has 1 unspecified atom stereocenters. The number of hydrogen-bond donors (Lipinski definition) is 1. The molecule has 4 nitrogen and oxygen atoms in total. The van der Waals surface area contributed by atoms with Crippen LogP contribution in [0.15, 0.2) is 24.3 Å². The lowest BCUT2D eigenvalue weighted by molar-refractivity contribution is 0.145. The van der Waals surface area contributed by atoms with E-state index in [2.05, 4.69) is 46.1 Å². The molecule has 1 saturated heterocycles. The zero-order valence-electron chi connectivity index (χ0n) is 11.7. The van der Waals surface area contributed by atoms with Crippen molar-refractivity contribution < 1.29 is 9.53 Å². The van der Waals surface area contributed by atoms with Crippen molar-refractivity contribution in [3.05, 3.63) is 35.4 Å². The van der Waals surface area contributed by atoms with Gasteiger partial charge in [0.25, 0.3) is 0 Å². The summed E-state index contributed by atoms with van der Waals surface area (Å²) in [4.78, 5) is 13.6. The van der Waals surface area contributed by atoms with E-state index in [0.29, 0.717) is 0 Å². The molecule has 1 aliphatic heterocycles. The predicted molar refractivity (Wildman–Crippen MR) is 75.0 cm³/mol. The number of amides is 1. The number of nitrogens with zero attached hydrogens (tertiary/aromatic N) is 1. The van der Waals surface area contributed by atoms with Gasteiger partial charge < -0.3 is 10.1 Å². The van der Waals surface area contributed by atoms with Crippen molar-refractivity contribution in [3.8, 4) is 0 Å². The average molecular weight is 262 g/mol. The third-order valence-electron chi connectivity index (χ3n) is 3.50. The van der Waals surface area contributed by atoms with Crippen LogP contribution in [0.2, 0.25) is 0 Å². The van der Waals surface area contributed by atoms with Gasteiger partial charge in [-0.25, -0.2) is 4.79 Å². The molecule has 1 N–H and O–H groups in total. The maximum absolute atomic E-state index is 11.2. The second-order valence-electron chi connectivity index (χ2n) is 5.20. The first-order valence-electron chi connectivity index (χ1n) is 6.80. The Hall–Kier alpha value is -1.55. The van der Waals surface area contributed by atoms with E-state index >= 15 is 0 Å². The van der Waals surface area contributed by atoms with Gasteiger partial charge in [-0.1, -0.05) is 29.8 Å². The standard InChI is InChI=1S/C15H22N2O2/c1-12-5-3-6-13(9-12)10-17-8-4-7-14(11-17)16-15(18)19-2/h3,5-6,9,14H,4,7-8,10-11H2,1-2H3,(H,16,18). The summed E-state index contributed by atoms with van der Waals surface area (Å²) in [6, 6.07) is 8.79. The summed E-state index contributed by atoms with van der Waals surface area (Å²) in [6.07, 6.45) is 1.81. The van der Waals surface area contributed by atoms with Crippen LogP contribution >= 0.6 is 0 Å². The van der Waals surface area contributed by atoms with Crippen LogP contribution < -0.4 is 5.32 Å². The van der Waals surface area contributed by atoms with Crippen molar-refractivity contribution in [3.63, 3.8) is 0 Å². The lowest BCUT2D eigenvalue weighted by Gasteiger charge is -2.32. The van der Waals surface area contributed by atoms with E-state index in [-0.39, 0.29) is 12.1 Å². The summed E-state index contributed by atoms with van der Waals surface area (Å²) in [7, 11) is 1.41. The molecule has 2 rings (SSSR count). The van der Waals surface area contributed by atoms with Gasteiger partial charge in [0.05, 0.1) is 7.11 Å². The number of methoxy groups -OCH3 is 1. The van der Waals surface area contributed by atoms with Crippen LogP contribution in [-0.2, 0) is 11.3 Å². The molecule has 1 aliphatic rings. The summed E-state index contributed by atoms with van der Waals surface area (Å²) >= 11 is 0. The summed E-state index contributed by atoms with van der Waals surface area (Å²) in [6.45, 7) is 5.04. The van der Waals surface area contributed by atoms with Crippen molar-refractivity contribution in [1.82, 2.24) is 10.2 Å². The molecule has 4 heteroatoms. The number of carbonyl (C=O) groups is 1. The fraction of sp³-hybridized carbons (Fsp3) is 0.533. The van der Waals surface area contributed by atoms with Gasteiger partial charge in [-0.2, -0.15) is 0 Å². The lowest BCUT2D eigenvalue weighted by Crippen LogP contribution is -2.47. The van der Waals surface area contributed by atoms with Crippen LogP contribution in [0, 0.1) is 6.92 Å². The van der Waals surface area contributed by atoms with Crippen LogP contribution in [0.3, 0.4) is 0 Å². The summed E-state index contributed by atoms with van der Waals surface area (Å²) < 4.78 is 4.65. The molecule has 0 aliphatic carbocycles. The van der Waals surface area contributed by atoms with Crippen molar-refractivity contribution in [2.75, 3.05) is 20.2 Å². The Morgan fingerprint density at radius 2 is 2.37 bits per heavy atom. The molecule has 1 atom stereocenters. The average Bonchev–Trinajstić information content (AvgIpc) is 2.39. The zero-order valence-corrected chi connectivity index (χ0v) is 11.7. The SMILES string of the molecule is COC(=O)NC1CCCN(Cc2cccc(C)c2)C1. The Balaban J connectivity index is 1.89. The first kappa shape index (κ1) is 13.9. The third kappa shape index (κ3) is 4.24. The van der Waals surface area contributed by atoms with Crippen LogP contribution in [-0.4, -0.2) is 37.2 Å². The highest BCUT2D eigenvalue weighted by molar-refractivity contribution is 5.67. The number of hydrogen-bond acceptors (Lipinski definition) is 3. The van der Waals surface area contributed by atoms with Gasteiger partial charge in [0.2, 0.25) is 0 Å². The van der Waals surface area contributed by atoms with Gasteiger partial charge in [-0.05, 0) is 31.9 Å². The molecule has 0 aromatic heterocycles. The van der Waals surface area contributed by atoms with Gasteiger partial charge >= 0.3 is 6.09 Å². The predicted octanol–water partition coefficient (Wildman–Crippen LogP) is 2.32. The van der Waals surface area contributed by atoms with Crippen LogP contribution in [0.4, 0.5) is 4.79 Å². The molecule has 0 bridgehead atoms. The topological polar surface area (TPSA) is 41.6 Å². The molecule has 1 amide bonds. The van der Waals surface area contributed by atoms with E-state index in [1.807, 2.05) is 0 Å². The number of rotatable bonds is 3.